The second-order valence-electron chi connectivity index (χ2n) is 5.68. The Morgan fingerprint density at radius 1 is 1.29 bits per heavy atom. The molecular weight excluding hydrogens is 264 g/mol. The molecule has 1 aromatic rings. The summed E-state index contributed by atoms with van der Waals surface area (Å²) in [7, 11) is 0. The van der Waals surface area contributed by atoms with Gasteiger partial charge in [-0.1, -0.05) is 39.3 Å². The minimum Gasteiger partial charge on any atom is -0.491 e. The van der Waals surface area contributed by atoms with Gasteiger partial charge in [-0.2, -0.15) is 0 Å². The van der Waals surface area contributed by atoms with Gasteiger partial charge in [0, 0.05) is 19.6 Å². The predicted molar refractivity (Wildman–Crippen MR) is 87.4 cm³/mol. The lowest BCUT2D eigenvalue weighted by Crippen LogP contribution is -2.37. The number of rotatable bonds is 10. The Labute approximate surface area is 128 Å². The highest BCUT2D eigenvalue weighted by Crippen LogP contribution is 2.13. The van der Waals surface area contributed by atoms with Crippen LogP contribution in [0.3, 0.4) is 0 Å². The van der Waals surface area contributed by atoms with Gasteiger partial charge < -0.3 is 20.5 Å². The molecule has 120 valence electrons. The minimum absolute atomic E-state index is 0.311. The number of benzene rings is 1. The summed E-state index contributed by atoms with van der Waals surface area (Å²) >= 11 is 0. The Bertz CT molecular complexity index is 398. The summed E-state index contributed by atoms with van der Waals surface area (Å²) in [4.78, 5) is 2.28. The number of likely N-dealkylation sites (N-methyl/N-ethyl adjacent to an activating group) is 1. The van der Waals surface area contributed by atoms with Crippen molar-refractivity contribution in [1.82, 2.24) is 4.90 Å². The van der Waals surface area contributed by atoms with E-state index in [1.807, 2.05) is 24.3 Å². The number of aliphatic hydroxyl groups is 1. The second-order valence-corrected chi connectivity index (χ2v) is 5.68. The number of nitrogens with two attached hydrogens (primary N) is 1. The quantitative estimate of drug-likeness (QED) is 0.695. The van der Waals surface area contributed by atoms with E-state index >= 15 is 0 Å². The van der Waals surface area contributed by atoms with Crippen LogP contribution in [-0.2, 0) is 6.54 Å². The maximum Gasteiger partial charge on any atom is 0.119 e. The Hall–Kier alpha value is -1.10. The summed E-state index contributed by atoms with van der Waals surface area (Å²) in [6.45, 7) is 9.99. The fourth-order valence-electron chi connectivity index (χ4n) is 2.21. The van der Waals surface area contributed by atoms with E-state index in [4.69, 9.17) is 10.5 Å². The molecule has 0 amide bonds. The third-order valence-corrected chi connectivity index (χ3v) is 3.76. The first-order valence-electron chi connectivity index (χ1n) is 7.91. The van der Waals surface area contributed by atoms with Gasteiger partial charge >= 0.3 is 0 Å². The Kier molecular flexibility index (Phi) is 8.35. The molecule has 0 aromatic heterocycles. The van der Waals surface area contributed by atoms with Crippen molar-refractivity contribution in [3.8, 4) is 5.75 Å². The molecule has 2 atom stereocenters. The number of hydrogen-bond donors (Lipinski definition) is 2. The van der Waals surface area contributed by atoms with Crippen LogP contribution in [0.5, 0.6) is 5.75 Å². The fraction of sp³-hybridized carbons (Fsp3) is 0.647. The smallest absolute Gasteiger partial charge is 0.119 e. The largest absolute Gasteiger partial charge is 0.491 e. The van der Waals surface area contributed by atoms with Gasteiger partial charge in [0.25, 0.3) is 0 Å². The van der Waals surface area contributed by atoms with E-state index in [9.17, 15) is 5.11 Å². The van der Waals surface area contributed by atoms with Crippen molar-refractivity contribution in [2.45, 2.75) is 39.8 Å². The SMILES string of the molecule is CCC(C)CN(CC)CC(O)COc1cccc(CN)c1. The topological polar surface area (TPSA) is 58.7 Å². The van der Waals surface area contributed by atoms with Crippen molar-refractivity contribution in [3.05, 3.63) is 29.8 Å². The zero-order chi connectivity index (χ0) is 15.7. The van der Waals surface area contributed by atoms with E-state index in [-0.39, 0.29) is 0 Å². The lowest BCUT2D eigenvalue weighted by atomic mass is 10.1. The highest BCUT2D eigenvalue weighted by molar-refractivity contribution is 5.28. The van der Waals surface area contributed by atoms with Crippen LogP contribution in [0.2, 0.25) is 0 Å². The van der Waals surface area contributed by atoms with E-state index in [2.05, 4.69) is 25.7 Å². The Morgan fingerprint density at radius 3 is 2.67 bits per heavy atom. The molecule has 0 spiro atoms. The van der Waals surface area contributed by atoms with Crippen LogP contribution < -0.4 is 10.5 Å². The molecule has 0 aliphatic rings. The molecule has 0 saturated heterocycles. The molecular formula is C17H30N2O2. The zero-order valence-electron chi connectivity index (χ0n) is 13.6. The summed E-state index contributed by atoms with van der Waals surface area (Å²) in [5, 5.41) is 10.1. The van der Waals surface area contributed by atoms with Gasteiger partial charge in [-0.15, -0.1) is 0 Å². The summed E-state index contributed by atoms with van der Waals surface area (Å²) in [6, 6.07) is 7.70. The lowest BCUT2D eigenvalue weighted by Gasteiger charge is -2.26. The van der Waals surface area contributed by atoms with Crippen LogP contribution in [-0.4, -0.2) is 42.4 Å². The molecule has 0 bridgehead atoms. The summed E-state index contributed by atoms with van der Waals surface area (Å²) in [6.07, 6.45) is 0.685. The van der Waals surface area contributed by atoms with Gasteiger partial charge in [0.05, 0.1) is 0 Å². The van der Waals surface area contributed by atoms with Gasteiger partial charge in [-0.05, 0) is 30.2 Å². The molecule has 4 nitrogen and oxygen atoms in total. The normalized spacial score (nSPS) is 14.2. The van der Waals surface area contributed by atoms with Gasteiger partial charge in [0.1, 0.15) is 18.5 Å². The molecule has 0 aliphatic heterocycles. The van der Waals surface area contributed by atoms with Gasteiger partial charge in [0.15, 0.2) is 0 Å². The number of ether oxygens (including phenoxy) is 1. The van der Waals surface area contributed by atoms with Crippen LogP contribution in [0, 0.1) is 5.92 Å². The minimum atomic E-state index is -0.476. The maximum atomic E-state index is 10.1. The zero-order valence-corrected chi connectivity index (χ0v) is 13.6. The lowest BCUT2D eigenvalue weighted by molar-refractivity contribution is 0.0651. The number of hydrogen-bond acceptors (Lipinski definition) is 4. The molecule has 1 rings (SSSR count). The van der Waals surface area contributed by atoms with Crippen molar-refractivity contribution in [3.63, 3.8) is 0 Å². The van der Waals surface area contributed by atoms with E-state index in [0.717, 1.165) is 30.8 Å². The Balaban J connectivity index is 2.39. The molecule has 2 unspecified atom stereocenters. The Morgan fingerprint density at radius 2 is 2.05 bits per heavy atom. The van der Waals surface area contributed by atoms with Gasteiger partial charge in [-0.25, -0.2) is 0 Å². The van der Waals surface area contributed by atoms with Crippen molar-refractivity contribution in [1.29, 1.82) is 0 Å². The van der Waals surface area contributed by atoms with Gasteiger partial charge in [0.2, 0.25) is 0 Å². The average molecular weight is 294 g/mol. The molecule has 3 N–H and O–H groups in total. The second kappa shape index (κ2) is 9.77. The van der Waals surface area contributed by atoms with E-state index in [1.54, 1.807) is 0 Å². The van der Waals surface area contributed by atoms with Crippen molar-refractivity contribution < 1.29 is 9.84 Å². The molecule has 0 radical (unpaired) electrons. The first-order chi connectivity index (χ1) is 10.1. The summed E-state index contributed by atoms with van der Waals surface area (Å²) in [5.74, 6) is 1.42. The first-order valence-corrected chi connectivity index (χ1v) is 7.91. The van der Waals surface area contributed by atoms with Crippen LogP contribution in [0.1, 0.15) is 32.8 Å². The molecule has 0 aliphatic carbocycles. The van der Waals surface area contributed by atoms with Crippen molar-refractivity contribution >= 4 is 0 Å². The highest BCUT2D eigenvalue weighted by Gasteiger charge is 2.13. The number of aliphatic hydroxyl groups excluding tert-OH is 1. The van der Waals surface area contributed by atoms with E-state index in [1.165, 1.54) is 0 Å². The van der Waals surface area contributed by atoms with Crippen LogP contribution in [0.15, 0.2) is 24.3 Å². The molecule has 0 saturated carbocycles. The number of nitrogens with zero attached hydrogens (tertiary/aromatic N) is 1. The standard InChI is InChI=1S/C17H30N2O2/c1-4-14(3)11-19(5-2)12-16(20)13-21-17-8-6-7-15(9-17)10-18/h6-9,14,16,20H,4-5,10-13,18H2,1-3H3. The first kappa shape index (κ1) is 18.0. The molecule has 4 heteroatoms. The summed E-state index contributed by atoms with van der Waals surface area (Å²) in [5.41, 5.74) is 6.64. The predicted octanol–water partition coefficient (Wildman–Crippen LogP) is 2.25. The fourth-order valence-corrected chi connectivity index (χ4v) is 2.21. The maximum absolute atomic E-state index is 10.1. The highest BCUT2D eigenvalue weighted by atomic mass is 16.5. The van der Waals surface area contributed by atoms with Crippen LogP contribution >= 0.6 is 0 Å². The monoisotopic (exact) mass is 294 g/mol. The van der Waals surface area contributed by atoms with E-state index < -0.39 is 6.10 Å². The van der Waals surface area contributed by atoms with Gasteiger partial charge in [-0.3, -0.25) is 0 Å². The molecule has 0 fully saturated rings. The van der Waals surface area contributed by atoms with Crippen molar-refractivity contribution in [2.24, 2.45) is 11.7 Å². The van der Waals surface area contributed by atoms with Crippen molar-refractivity contribution in [2.75, 3.05) is 26.2 Å². The molecule has 1 aromatic carbocycles. The third-order valence-electron chi connectivity index (χ3n) is 3.76. The molecule has 0 heterocycles. The average Bonchev–Trinajstić information content (AvgIpc) is 2.52. The van der Waals surface area contributed by atoms with Crippen LogP contribution in [0.25, 0.3) is 0 Å². The van der Waals surface area contributed by atoms with Crippen LogP contribution in [0.4, 0.5) is 0 Å². The van der Waals surface area contributed by atoms with E-state index in [0.29, 0.717) is 25.6 Å². The third kappa shape index (κ3) is 6.93. The molecule has 21 heavy (non-hydrogen) atoms. The summed E-state index contributed by atoms with van der Waals surface area (Å²) < 4.78 is 5.65.